The van der Waals surface area contributed by atoms with E-state index < -0.39 is 0 Å². The fraction of sp³-hybridized carbons (Fsp3) is 0.500. The summed E-state index contributed by atoms with van der Waals surface area (Å²) in [6.07, 6.45) is 12.3. The van der Waals surface area contributed by atoms with Gasteiger partial charge in [0, 0.05) is 24.7 Å². The van der Waals surface area contributed by atoms with E-state index in [1.807, 2.05) is 12.3 Å². The lowest BCUT2D eigenvalue weighted by molar-refractivity contribution is -0.129. The molecule has 0 fully saturated rings. The van der Waals surface area contributed by atoms with E-state index in [4.69, 9.17) is 5.21 Å². The van der Waals surface area contributed by atoms with Crippen molar-refractivity contribution in [3.63, 3.8) is 0 Å². The Hall–Kier alpha value is -1.75. The summed E-state index contributed by atoms with van der Waals surface area (Å²) in [4.78, 5) is 10.8. The minimum Gasteiger partial charge on any atom is -0.386 e. The van der Waals surface area contributed by atoms with Crippen LogP contribution in [0.15, 0.2) is 36.7 Å². The lowest BCUT2D eigenvalue weighted by atomic mass is 10.2. The molecule has 0 spiro atoms. The SMILES string of the molecule is C=C(/C=C/C1CC=CN1)NCCCCCC(=O)NO. The Balaban J connectivity index is 1.96. The highest BCUT2D eigenvalue weighted by atomic mass is 16.5. The maximum Gasteiger partial charge on any atom is 0.243 e. The summed E-state index contributed by atoms with van der Waals surface area (Å²) in [5, 5.41) is 14.8. The maximum absolute atomic E-state index is 10.8. The molecule has 1 aliphatic rings. The minimum atomic E-state index is -0.321. The first kappa shape index (κ1) is 15.3. The van der Waals surface area contributed by atoms with E-state index in [1.165, 1.54) is 0 Å². The van der Waals surface area contributed by atoms with Gasteiger partial charge in [-0.3, -0.25) is 10.0 Å². The molecule has 5 heteroatoms. The zero-order valence-electron chi connectivity index (χ0n) is 11.2. The quantitative estimate of drug-likeness (QED) is 0.221. The Bertz CT molecular complexity index is 343. The molecule has 106 valence electrons. The molecule has 1 atom stereocenters. The van der Waals surface area contributed by atoms with E-state index in [0.29, 0.717) is 12.5 Å². The van der Waals surface area contributed by atoms with Gasteiger partial charge in [0.25, 0.3) is 0 Å². The molecule has 1 rings (SSSR count). The van der Waals surface area contributed by atoms with Crippen LogP contribution in [0.4, 0.5) is 0 Å². The number of nitrogens with one attached hydrogen (secondary N) is 3. The Labute approximate surface area is 114 Å². The highest BCUT2D eigenvalue weighted by Gasteiger charge is 2.03. The van der Waals surface area contributed by atoms with Crippen LogP contribution in [0.2, 0.25) is 0 Å². The molecule has 0 saturated carbocycles. The molecule has 0 aliphatic carbocycles. The van der Waals surface area contributed by atoms with Gasteiger partial charge in [-0.15, -0.1) is 0 Å². The predicted octanol–water partition coefficient (Wildman–Crippen LogP) is 1.59. The van der Waals surface area contributed by atoms with Gasteiger partial charge >= 0.3 is 0 Å². The molecule has 5 nitrogen and oxygen atoms in total. The summed E-state index contributed by atoms with van der Waals surface area (Å²) < 4.78 is 0. The molecule has 19 heavy (non-hydrogen) atoms. The highest BCUT2D eigenvalue weighted by molar-refractivity contribution is 5.74. The van der Waals surface area contributed by atoms with Crippen LogP contribution in [-0.4, -0.2) is 23.7 Å². The van der Waals surface area contributed by atoms with Gasteiger partial charge < -0.3 is 10.6 Å². The standard InChI is InChI=1S/C14H23N3O2/c1-12(8-9-13-6-5-11-16-13)15-10-4-2-3-7-14(18)17-19/h5,8-9,11,13,15-16,19H,1-4,6-7,10H2,(H,17,18)/b9-8+. The normalized spacial score (nSPS) is 17.4. The van der Waals surface area contributed by atoms with E-state index in [9.17, 15) is 4.79 Å². The van der Waals surface area contributed by atoms with Crippen molar-refractivity contribution in [3.05, 3.63) is 36.7 Å². The highest BCUT2D eigenvalue weighted by Crippen LogP contribution is 2.04. The van der Waals surface area contributed by atoms with Crippen LogP contribution in [0.3, 0.4) is 0 Å². The predicted molar refractivity (Wildman–Crippen MR) is 75.4 cm³/mol. The van der Waals surface area contributed by atoms with Crippen LogP contribution in [0.5, 0.6) is 0 Å². The number of allylic oxidation sites excluding steroid dienone is 1. The molecule has 4 N–H and O–H groups in total. The number of rotatable bonds is 9. The molecule has 0 aromatic carbocycles. The zero-order chi connectivity index (χ0) is 13.9. The smallest absolute Gasteiger partial charge is 0.243 e. The Morgan fingerprint density at radius 1 is 1.47 bits per heavy atom. The van der Waals surface area contributed by atoms with Gasteiger partial charge in [0.2, 0.25) is 5.91 Å². The molecule has 1 heterocycles. The summed E-state index contributed by atoms with van der Waals surface area (Å²) in [7, 11) is 0. The summed E-state index contributed by atoms with van der Waals surface area (Å²) >= 11 is 0. The van der Waals surface area contributed by atoms with E-state index in [2.05, 4.69) is 29.4 Å². The van der Waals surface area contributed by atoms with Crippen molar-refractivity contribution >= 4 is 5.91 Å². The number of amides is 1. The van der Waals surface area contributed by atoms with E-state index >= 15 is 0 Å². The second-order valence-electron chi connectivity index (χ2n) is 4.57. The number of hydrogen-bond donors (Lipinski definition) is 4. The van der Waals surface area contributed by atoms with Crippen LogP contribution in [0.1, 0.15) is 32.1 Å². The Morgan fingerprint density at radius 3 is 3.00 bits per heavy atom. The topological polar surface area (TPSA) is 73.4 Å². The van der Waals surface area contributed by atoms with Crippen LogP contribution in [-0.2, 0) is 4.79 Å². The molecule has 1 amide bonds. The van der Waals surface area contributed by atoms with Crippen molar-refractivity contribution in [2.75, 3.05) is 6.54 Å². The summed E-state index contributed by atoms with van der Waals surface area (Å²) in [5.74, 6) is -0.321. The summed E-state index contributed by atoms with van der Waals surface area (Å²) in [6, 6.07) is 0.385. The second kappa shape index (κ2) is 9.22. The number of hydroxylamine groups is 1. The zero-order valence-corrected chi connectivity index (χ0v) is 11.2. The van der Waals surface area contributed by atoms with E-state index in [-0.39, 0.29) is 5.91 Å². The largest absolute Gasteiger partial charge is 0.386 e. The maximum atomic E-state index is 10.8. The van der Waals surface area contributed by atoms with Crippen molar-refractivity contribution in [2.24, 2.45) is 0 Å². The number of carbonyl (C=O) groups excluding carboxylic acids is 1. The molecule has 0 saturated heterocycles. The fourth-order valence-corrected chi connectivity index (χ4v) is 1.79. The minimum absolute atomic E-state index is 0.321. The number of hydrogen-bond acceptors (Lipinski definition) is 4. The van der Waals surface area contributed by atoms with Crippen molar-refractivity contribution in [1.82, 2.24) is 16.1 Å². The monoisotopic (exact) mass is 265 g/mol. The first-order valence-electron chi connectivity index (χ1n) is 6.67. The van der Waals surface area contributed by atoms with Gasteiger partial charge in [0.05, 0.1) is 0 Å². The molecule has 0 bridgehead atoms. The molecular weight excluding hydrogens is 242 g/mol. The van der Waals surface area contributed by atoms with Gasteiger partial charge in [-0.1, -0.05) is 25.2 Å². The third kappa shape index (κ3) is 7.31. The summed E-state index contributed by atoms with van der Waals surface area (Å²) in [5.41, 5.74) is 2.53. The first-order valence-corrected chi connectivity index (χ1v) is 6.67. The van der Waals surface area contributed by atoms with Crippen molar-refractivity contribution < 1.29 is 10.0 Å². The second-order valence-corrected chi connectivity index (χ2v) is 4.57. The van der Waals surface area contributed by atoms with Gasteiger partial charge in [-0.25, -0.2) is 5.48 Å². The van der Waals surface area contributed by atoms with Gasteiger partial charge in [0.15, 0.2) is 0 Å². The average Bonchev–Trinajstić information content (AvgIpc) is 2.93. The lowest BCUT2D eigenvalue weighted by Gasteiger charge is -2.07. The van der Waals surface area contributed by atoms with Crippen LogP contribution < -0.4 is 16.1 Å². The number of unbranched alkanes of at least 4 members (excludes halogenated alkanes) is 2. The van der Waals surface area contributed by atoms with Gasteiger partial charge in [-0.2, -0.15) is 0 Å². The van der Waals surface area contributed by atoms with Gasteiger partial charge in [-0.05, 0) is 31.5 Å². The average molecular weight is 265 g/mol. The van der Waals surface area contributed by atoms with Crippen LogP contribution in [0, 0.1) is 0 Å². The van der Waals surface area contributed by atoms with Crippen LogP contribution >= 0.6 is 0 Å². The van der Waals surface area contributed by atoms with Crippen LogP contribution in [0.25, 0.3) is 0 Å². The Morgan fingerprint density at radius 2 is 2.32 bits per heavy atom. The first-order chi connectivity index (χ1) is 9.22. The molecule has 1 aliphatic heterocycles. The van der Waals surface area contributed by atoms with Gasteiger partial charge in [0.1, 0.15) is 0 Å². The molecular formula is C14H23N3O2. The molecule has 0 radical (unpaired) electrons. The van der Waals surface area contributed by atoms with E-state index in [1.54, 1.807) is 5.48 Å². The lowest BCUT2D eigenvalue weighted by Crippen LogP contribution is -2.18. The molecule has 1 unspecified atom stereocenters. The third-order valence-corrected chi connectivity index (χ3v) is 2.91. The van der Waals surface area contributed by atoms with Crippen molar-refractivity contribution in [2.45, 2.75) is 38.1 Å². The molecule has 0 aromatic rings. The summed E-state index contributed by atoms with van der Waals surface area (Å²) in [6.45, 7) is 4.78. The fourth-order valence-electron chi connectivity index (χ4n) is 1.79. The number of carbonyl (C=O) groups is 1. The molecule has 0 aromatic heterocycles. The third-order valence-electron chi connectivity index (χ3n) is 2.91. The van der Waals surface area contributed by atoms with E-state index in [0.717, 1.165) is 37.9 Å². The van der Waals surface area contributed by atoms with Crippen molar-refractivity contribution in [1.29, 1.82) is 0 Å². The van der Waals surface area contributed by atoms with Crippen molar-refractivity contribution in [3.8, 4) is 0 Å². The Kier molecular flexibility index (Phi) is 7.43.